The fourth-order valence-corrected chi connectivity index (χ4v) is 1.76. The van der Waals surface area contributed by atoms with Gasteiger partial charge in [0.05, 0.1) is 12.9 Å². The minimum absolute atomic E-state index is 0.0652. The van der Waals surface area contributed by atoms with Crippen LogP contribution in [0.2, 0.25) is 0 Å². The summed E-state index contributed by atoms with van der Waals surface area (Å²) in [4.78, 5) is 0. The maximum atomic E-state index is 10.8. The SMILES string of the molecule is C=C(CC(C)(C)C)N[C@@H](C)COS(C)(=O)=O. The minimum Gasteiger partial charge on any atom is -0.384 e. The van der Waals surface area contributed by atoms with Crippen molar-refractivity contribution in [1.29, 1.82) is 0 Å². The first-order valence-corrected chi connectivity index (χ1v) is 7.10. The van der Waals surface area contributed by atoms with Crippen molar-refractivity contribution in [3.05, 3.63) is 12.3 Å². The summed E-state index contributed by atoms with van der Waals surface area (Å²) in [6.45, 7) is 12.3. The van der Waals surface area contributed by atoms with Crippen LogP contribution in [0.15, 0.2) is 12.3 Å². The smallest absolute Gasteiger partial charge is 0.264 e. The predicted octanol–water partition coefficient (Wildman–Crippen LogP) is 1.89. The van der Waals surface area contributed by atoms with Crippen molar-refractivity contribution < 1.29 is 12.6 Å². The maximum absolute atomic E-state index is 10.8. The molecule has 1 N–H and O–H groups in total. The lowest BCUT2D eigenvalue weighted by atomic mass is 9.91. The quantitative estimate of drug-likeness (QED) is 0.730. The van der Waals surface area contributed by atoms with Crippen LogP contribution in [0, 0.1) is 5.41 Å². The average molecular weight is 249 g/mol. The molecule has 96 valence electrons. The Kier molecular flexibility index (Phi) is 5.49. The highest BCUT2D eigenvalue weighted by atomic mass is 32.2. The molecule has 1 atom stereocenters. The van der Waals surface area contributed by atoms with Gasteiger partial charge in [0.15, 0.2) is 0 Å². The molecule has 0 saturated heterocycles. The van der Waals surface area contributed by atoms with E-state index in [4.69, 9.17) is 4.18 Å². The molecule has 0 aliphatic carbocycles. The highest BCUT2D eigenvalue weighted by molar-refractivity contribution is 7.85. The molecule has 0 amide bonds. The third kappa shape index (κ3) is 9.98. The van der Waals surface area contributed by atoms with Gasteiger partial charge in [-0.25, -0.2) is 0 Å². The van der Waals surface area contributed by atoms with Crippen LogP contribution in [-0.2, 0) is 14.3 Å². The van der Waals surface area contributed by atoms with E-state index in [1.165, 1.54) is 0 Å². The van der Waals surface area contributed by atoms with Crippen molar-refractivity contribution in [3.8, 4) is 0 Å². The minimum atomic E-state index is -3.36. The van der Waals surface area contributed by atoms with E-state index in [1.807, 2.05) is 6.92 Å². The summed E-state index contributed by atoms with van der Waals surface area (Å²) in [5, 5.41) is 3.13. The van der Waals surface area contributed by atoms with E-state index >= 15 is 0 Å². The second kappa shape index (κ2) is 5.68. The van der Waals surface area contributed by atoms with Crippen LogP contribution >= 0.6 is 0 Å². The largest absolute Gasteiger partial charge is 0.384 e. The fraction of sp³-hybridized carbons (Fsp3) is 0.818. The van der Waals surface area contributed by atoms with Crippen LogP contribution in [0.3, 0.4) is 0 Å². The first kappa shape index (κ1) is 15.4. The molecule has 0 rings (SSSR count). The average Bonchev–Trinajstić information content (AvgIpc) is 1.95. The van der Waals surface area contributed by atoms with E-state index in [9.17, 15) is 8.42 Å². The lowest BCUT2D eigenvalue weighted by Gasteiger charge is -2.23. The van der Waals surface area contributed by atoms with E-state index in [0.717, 1.165) is 18.4 Å². The highest BCUT2D eigenvalue weighted by Gasteiger charge is 2.14. The van der Waals surface area contributed by atoms with E-state index in [-0.39, 0.29) is 18.1 Å². The van der Waals surface area contributed by atoms with Gasteiger partial charge in [-0.1, -0.05) is 27.4 Å². The second-order valence-electron chi connectivity index (χ2n) is 5.38. The van der Waals surface area contributed by atoms with Crippen LogP contribution in [0.4, 0.5) is 0 Å². The van der Waals surface area contributed by atoms with Gasteiger partial charge in [0.1, 0.15) is 0 Å². The second-order valence-corrected chi connectivity index (χ2v) is 7.02. The zero-order chi connectivity index (χ0) is 13.0. The summed E-state index contributed by atoms with van der Waals surface area (Å²) in [6.07, 6.45) is 1.89. The first-order chi connectivity index (χ1) is 6.99. The van der Waals surface area contributed by atoms with Gasteiger partial charge >= 0.3 is 0 Å². The molecule has 0 heterocycles. The zero-order valence-corrected chi connectivity index (χ0v) is 11.6. The molecule has 4 nitrogen and oxygen atoms in total. The molecule has 0 saturated carbocycles. The highest BCUT2D eigenvalue weighted by Crippen LogP contribution is 2.21. The monoisotopic (exact) mass is 249 g/mol. The summed E-state index contributed by atoms with van der Waals surface area (Å²) in [7, 11) is -3.36. The van der Waals surface area contributed by atoms with Gasteiger partial charge in [0, 0.05) is 11.7 Å². The predicted molar refractivity (Wildman–Crippen MR) is 66.6 cm³/mol. The molecular formula is C11H23NO3S. The van der Waals surface area contributed by atoms with Gasteiger partial charge in [-0.2, -0.15) is 8.42 Å². The maximum Gasteiger partial charge on any atom is 0.264 e. The molecule has 5 heteroatoms. The summed E-state index contributed by atoms with van der Waals surface area (Å²) < 4.78 is 26.2. The van der Waals surface area contributed by atoms with Gasteiger partial charge in [0.25, 0.3) is 10.1 Å². The Balaban J connectivity index is 3.97. The molecular weight excluding hydrogens is 226 g/mol. The van der Waals surface area contributed by atoms with E-state index < -0.39 is 10.1 Å². The Morgan fingerprint density at radius 3 is 2.31 bits per heavy atom. The number of hydrogen-bond donors (Lipinski definition) is 1. The normalized spacial score (nSPS) is 14.6. The van der Waals surface area contributed by atoms with Gasteiger partial charge in [-0.15, -0.1) is 0 Å². The lowest BCUT2D eigenvalue weighted by molar-refractivity contribution is 0.282. The number of hydrogen-bond acceptors (Lipinski definition) is 4. The third-order valence-corrected chi connectivity index (χ3v) is 2.29. The Morgan fingerprint density at radius 2 is 1.94 bits per heavy atom. The third-order valence-electron chi connectivity index (χ3n) is 1.73. The van der Waals surface area contributed by atoms with Gasteiger partial charge in [-0.05, 0) is 18.8 Å². The molecule has 16 heavy (non-hydrogen) atoms. The van der Waals surface area contributed by atoms with Crippen molar-refractivity contribution in [1.82, 2.24) is 5.32 Å². The van der Waals surface area contributed by atoms with Gasteiger partial charge in [-0.3, -0.25) is 4.18 Å². The standard InChI is InChI=1S/C11H23NO3S/c1-9(7-11(3,4)5)12-10(2)8-15-16(6,13)14/h10,12H,1,7-8H2,2-6H3/t10-/m0/s1. The van der Waals surface area contributed by atoms with Crippen LogP contribution in [0.25, 0.3) is 0 Å². The molecule has 0 radical (unpaired) electrons. The molecule has 0 aromatic rings. The first-order valence-electron chi connectivity index (χ1n) is 5.28. The Hall–Kier alpha value is -0.550. The van der Waals surface area contributed by atoms with E-state index in [2.05, 4.69) is 32.7 Å². The molecule has 0 aliphatic heterocycles. The van der Waals surface area contributed by atoms with Crippen molar-refractivity contribution in [2.45, 2.75) is 40.2 Å². The summed E-state index contributed by atoms with van der Waals surface area (Å²) in [5.74, 6) is 0. The molecule has 0 aliphatic rings. The van der Waals surface area contributed by atoms with Crippen LogP contribution in [0.5, 0.6) is 0 Å². The number of rotatable bonds is 6. The van der Waals surface area contributed by atoms with Crippen molar-refractivity contribution in [3.63, 3.8) is 0 Å². The molecule has 0 aromatic heterocycles. The van der Waals surface area contributed by atoms with Gasteiger partial charge in [0.2, 0.25) is 0 Å². The topological polar surface area (TPSA) is 55.4 Å². The molecule has 0 fully saturated rings. The van der Waals surface area contributed by atoms with Crippen LogP contribution in [0.1, 0.15) is 34.1 Å². The Bertz CT molecular complexity index is 328. The number of nitrogens with one attached hydrogen (secondary N) is 1. The van der Waals surface area contributed by atoms with Gasteiger partial charge < -0.3 is 5.32 Å². The lowest BCUT2D eigenvalue weighted by Crippen LogP contribution is -2.31. The van der Waals surface area contributed by atoms with E-state index in [0.29, 0.717) is 0 Å². The van der Waals surface area contributed by atoms with E-state index in [1.54, 1.807) is 0 Å². The summed E-state index contributed by atoms with van der Waals surface area (Å²) in [5.41, 5.74) is 1.07. The molecule has 0 spiro atoms. The van der Waals surface area contributed by atoms with Crippen molar-refractivity contribution >= 4 is 10.1 Å². The molecule has 0 unspecified atom stereocenters. The summed E-state index contributed by atoms with van der Waals surface area (Å²) in [6, 6.07) is -0.0652. The van der Waals surface area contributed by atoms with Crippen molar-refractivity contribution in [2.75, 3.05) is 12.9 Å². The zero-order valence-electron chi connectivity index (χ0n) is 10.8. The molecule has 0 bridgehead atoms. The summed E-state index contributed by atoms with van der Waals surface area (Å²) >= 11 is 0. The van der Waals surface area contributed by atoms with Crippen molar-refractivity contribution in [2.24, 2.45) is 5.41 Å². The fourth-order valence-electron chi connectivity index (χ4n) is 1.31. The van der Waals surface area contributed by atoms with Crippen LogP contribution in [-0.4, -0.2) is 27.3 Å². The van der Waals surface area contributed by atoms with Crippen LogP contribution < -0.4 is 5.32 Å². The number of allylic oxidation sites excluding steroid dienone is 1. The Labute approximate surface area is 99.2 Å². The molecule has 0 aromatic carbocycles. The Morgan fingerprint density at radius 1 is 1.44 bits per heavy atom.